The molecule has 0 bridgehead atoms. The summed E-state index contributed by atoms with van der Waals surface area (Å²) in [6.07, 6.45) is -36.5. The fourth-order valence-corrected chi connectivity index (χ4v) is 18.0. The van der Waals surface area contributed by atoms with Crippen LogP contribution in [-0.2, 0) is 52.2 Å². The van der Waals surface area contributed by atoms with Gasteiger partial charge in [0.1, 0.15) is 122 Å². The highest BCUT2D eigenvalue weighted by Gasteiger charge is 2.71. The predicted molar refractivity (Wildman–Crippen MR) is 295 cm³/mol. The lowest BCUT2D eigenvalue weighted by Crippen LogP contribution is -2.69. The summed E-state index contributed by atoms with van der Waals surface area (Å²) in [5.41, 5.74) is -1.61. The Labute approximate surface area is 510 Å². The van der Waals surface area contributed by atoms with Crippen LogP contribution in [0.1, 0.15) is 113 Å². The van der Waals surface area contributed by atoms with Crippen molar-refractivity contribution in [2.24, 2.45) is 50.2 Å². The van der Waals surface area contributed by atoms with Crippen molar-refractivity contribution in [3.8, 4) is 0 Å². The summed E-state index contributed by atoms with van der Waals surface area (Å²) in [5, 5.41) is 184. The summed E-state index contributed by atoms with van der Waals surface area (Å²) >= 11 is 0. The Bertz CT molecular complexity index is 2430. The lowest BCUT2D eigenvalue weighted by molar-refractivity contribution is -0.405. The van der Waals surface area contributed by atoms with Crippen molar-refractivity contribution in [3.05, 3.63) is 11.6 Å². The van der Waals surface area contributed by atoms with Crippen LogP contribution in [0.3, 0.4) is 0 Å². The van der Waals surface area contributed by atoms with E-state index in [1.54, 1.807) is 0 Å². The summed E-state index contributed by atoms with van der Waals surface area (Å²) in [7, 11) is 0. The molecule has 0 aromatic rings. The largest absolute Gasteiger partial charge is 0.432 e. The van der Waals surface area contributed by atoms with Crippen LogP contribution < -0.4 is 0 Å². The van der Waals surface area contributed by atoms with Crippen LogP contribution in [0.25, 0.3) is 0 Å². The first-order valence-electron chi connectivity index (χ1n) is 31.3. The molecular weight excluding hydrogens is 1170 g/mol. The molecule has 5 aliphatic heterocycles. The minimum atomic E-state index is -2.12. The van der Waals surface area contributed by atoms with Crippen molar-refractivity contribution in [1.82, 2.24) is 0 Å². The summed E-state index contributed by atoms with van der Waals surface area (Å²) in [4.78, 5) is 14.9. The number of fused-ring (bicyclic) bond motifs is 7. The molecule has 5 heterocycles. The number of allylic oxidation sites excluding steroid dienone is 2. The Morgan fingerprint density at radius 3 is 1.43 bits per heavy atom. The van der Waals surface area contributed by atoms with Gasteiger partial charge in [0.2, 0.25) is 6.29 Å². The normalized spacial score (nSPS) is 53.5. The van der Waals surface area contributed by atoms with E-state index in [1.807, 2.05) is 0 Å². The second-order valence-corrected chi connectivity index (χ2v) is 29.1. The molecule has 0 aromatic carbocycles. The molecule has 0 amide bonds. The maximum atomic E-state index is 14.9. The number of rotatable bonds is 15. The number of aliphatic hydroxyl groups excluding tert-OH is 17. The molecule has 1 unspecified atom stereocenters. The van der Waals surface area contributed by atoms with E-state index in [4.69, 9.17) is 47.4 Å². The van der Waals surface area contributed by atoms with Crippen LogP contribution in [0.15, 0.2) is 11.6 Å². The molecule has 28 nitrogen and oxygen atoms in total. The topological polar surface area (TPSA) is 453 Å². The Morgan fingerprint density at radius 2 is 0.898 bits per heavy atom. The van der Waals surface area contributed by atoms with Gasteiger partial charge < -0.3 is 134 Å². The second-order valence-electron chi connectivity index (χ2n) is 29.1. The van der Waals surface area contributed by atoms with E-state index in [1.165, 1.54) is 5.57 Å². The lowest BCUT2D eigenvalue weighted by Gasteiger charge is -2.71. The average Bonchev–Trinajstić information content (AvgIpc) is 0.679. The smallest absolute Gasteiger partial charge is 0.315 e. The molecule has 4 saturated carbocycles. The van der Waals surface area contributed by atoms with Gasteiger partial charge in [0, 0.05) is 0 Å². The van der Waals surface area contributed by atoms with Gasteiger partial charge in [0.05, 0.1) is 44.6 Å². The third-order valence-electron chi connectivity index (χ3n) is 23.5. The number of hydrogen-bond acceptors (Lipinski definition) is 28. The first-order valence-corrected chi connectivity index (χ1v) is 31.3. The maximum absolute atomic E-state index is 14.9. The number of hydrogen-bond donors (Lipinski definition) is 17. The fraction of sp³-hybridized carbons (Fsp3) is 0.950. The van der Waals surface area contributed by atoms with Crippen LogP contribution in [0.2, 0.25) is 0 Å². The third-order valence-corrected chi connectivity index (χ3v) is 23.5. The van der Waals surface area contributed by atoms with Crippen LogP contribution in [0.5, 0.6) is 0 Å². The van der Waals surface area contributed by atoms with Crippen molar-refractivity contribution in [1.29, 1.82) is 0 Å². The fourth-order valence-electron chi connectivity index (χ4n) is 18.0. The molecule has 17 N–H and O–H groups in total. The maximum Gasteiger partial charge on any atom is 0.315 e. The molecule has 28 heteroatoms. The summed E-state index contributed by atoms with van der Waals surface area (Å²) in [6.45, 7) is 11.5. The molecule has 5 aliphatic carbocycles. The van der Waals surface area contributed by atoms with Crippen LogP contribution in [0.4, 0.5) is 0 Å². The highest BCUT2D eigenvalue weighted by atomic mass is 16.8. The van der Waals surface area contributed by atoms with Gasteiger partial charge in [0.15, 0.2) is 25.2 Å². The van der Waals surface area contributed by atoms with Gasteiger partial charge in [-0.15, -0.1) is 0 Å². The van der Waals surface area contributed by atoms with E-state index in [2.05, 4.69) is 54.5 Å². The molecule has 506 valence electrons. The lowest BCUT2D eigenvalue weighted by atomic mass is 9.33. The van der Waals surface area contributed by atoms with E-state index in [9.17, 15) is 91.6 Å². The summed E-state index contributed by atoms with van der Waals surface area (Å²) in [6, 6.07) is 0. The molecule has 0 radical (unpaired) electrons. The van der Waals surface area contributed by atoms with Gasteiger partial charge in [-0.3, -0.25) is 4.79 Å². The first-order chi connectivity index (χ1) is 41.3. The van der Waals surface area contributed by atoms with Gasteiger partial charge in [-0.2, -0.15) is 0 Å². The van der Waals surface area contributed by atoms with E-state index >= 15 is 0 Å². The number of carbonyl (C=O) groups excluding carboxylic acids is 1. The monoisotopic (exact) mass is 1270 g/mol. The highest BCUT2D eigenvalue weighted by Crippen LogP contribution is 2.76. The zero-order chi connectivity index (χ0) is 64.3. The van der Waals surface area contributed by atoms with Gasteiger partial charge in [-0.05, 0) is 109 Å². The molecule has 33 atom stereocenters. The van der Waals surface area contributed by atoms with Gasteiger partial charge in [-0.25, -0.2) is 0 Å². The van der Waals surface area contributed by atoms with E-state index < -0.39 is 209 Å². The minimum absolute atomic E-state index is 0.0203. The van der Waals surface area contributed by atoms with Gasteiger partial charge in [0.25, 0.3) is 0 Å². The molecule has 0 aromatic heterocycles. The van der Waals surface area contributed by atoms with Gasteiger partial charge >= 0.3 is 5.97 Å². The second kappa shape index (κ2) is 25.7. The molecule has 0 spiro atoms. The zero-order valence-corrected chi connectivity index (χ0v) is 51.0. The Morgan fingerprint density at radius 1 is 0.455 bits per heavy atom. The quantitative estimate of drug-likeness (QED) is 0.0420. The number of aliphatic hydroxyl groups is 17. The predicted octanol–water partition coefficient (Wildman–Crippen LogP) is -4.21. The number of ether oxygens (including phenoxy) is 10. The molecule has 10 rings (SSSR count). The van der Waals surface area contributed by atoms with Crippen molar-refractivity contribution in [2.45, 2.75) is 272 Å². The van der Waals surface area contributed by atoms with Crippen molar-refractivity contribution >= 4 is 5.97 Å². The Balaban J connectivity index is 0.928. The van der Waals surface area contributed by atoms with Crippen molar-refractivity contribution in [2.75, 3.05) is 33.0 Å². The first kappa shape index (κ1) is 69.0. The molecule has 10 aliphatic rings. The average molecular weight is 1270 g/mol. The summed E-state index contributed by atoms with van der Waals surface area (Å²) < 4.78 is 60.9. The van der Waals surface area contributed by atoms with Crippen LogP contribution >= 0.6 is 0 Å². The SMILES string of the molecule is CC1(C)CC[C@]2(C(=O)O[C@H]3O[C@H](CO)[C@@H](O)[C@@H](O)[C@H]3O)CC[C@@]3(C)C(=CC[C@H]4[C@]3(C)CCC3C(C)(C)[C@@H](O[C@H]5O[C@H](CO)[C@@H](O)[C@@H](O[C@H]6O[C@H](CO)[C@@H](O)[C@@H](O[C@H]7O[C@H](CO)[C@@H](O)[C@@H](O)[C@H]7O)[C@H]6O)[C@H]5O[C@H]5O[C@H](CO)[C@@H](O)[C@@H](O)[C@H]5O)CC[C@]34C)[C@@H]2C1. The van der Waals surface area contributed by atoms with Gasteiger partial charge in [-0.1, -0.05) is 60.1 Å². The van der Waals surface area contributed by atoms with E-state index in [0.717, 1.165) is 19.3 Å². The van der Waals surface area contributed by atoms with E-state index in [-0.39, 0.29) is 39.4 Å². The molecule has 88 heavy (non-hydrogen) atoms. The number of carbonyl (C=O) groups is 1. The number of esters is 1. The van der Waals surface area contributed by atoms with Crippen molar-refractivity contribution in [3.63, 3.8) is 0 Å². The standard InChI is InChI=1S/C60H98O28/c1-55(2)14-16-60(54(78)88-51-44(76)41(73)36(68)28(21-63)81-51)17-15-58(6)24(25(60)18-55)8-9-32-57(5)12-11-33(56(3,4)31(57)10-13-59(32,58)7)84-53-48(87-50-43(75)40(72)35(67)27(20-62)80-50)47(38(70)30(23-65)83-53)86-52-45(77)46(37(69)29(22-64)82-52)85-49-42(74)39(71)34(66)26(19-61)79-49/h8,25-53,61-77H,9-23H2,1-7H3/t25-,26+,27+,28+,29+,30+,31?,32+,33-,34+,35+,36+,37+,38+,39+,40+,41+,42+,43+,44+,45+,46+,47+,48+,49+,50+,51+,52+,53+,57+,58-,59-,60-/m0/s1. The van der Waals surface area contributed by atoms with E-state index in [0.29, 0.717) is 44.9 Å². The highest BCUT2D eigenvalue weighted by molar-refractivity contribution is 5.79. The third kappa shape index (κ3) is 11.5. The molecule has 5 saturated heterocycles. The zero-order valence-electron chi connectivity index (χ0n) is 51.0. The molecule has 9 fully saturated rings. The molecular formula is C60H98O28. The Hall–Kier alpha value is -1.83. The summed E-state index contributed by atoms with van der Waals surface area (Å²) in [5.74, 6) is -0.685. The van der Waals surface area contributed by atoms with Crippen molar-refractivity contribution < 1.29 is 139 Å². The van der Waals surface area contributed by atoms with Crippen LogP contribution in [0, 0.1) is 50.2 Å². The van der Waals surface area contributed by atoms with Crippen LogP contribution in [-0.4, -0.2) is 285 Å². The minimum Gasteiger partial charge on any atom is -0.432 e. The Kier molecular flexibility index (Phi) is 20.2.